The van der Waals surface area contributed by atoms with Crippen molar-refractivity contribution in [2.75, 3.05) is 13.6 Å². The fourth-order valence-corrected chi connectivity index (χ4v) is 1.88. The van der Waals surface area contributed by atoms with Gasteiger partial charge in [-0.2, -0.15) is 5.26 Å². The van der Waals surface area contributed by atoms with Crippen LogP contribution in [0, 0.1) is 17.2 Å². The minimum atomic E-state index is 0.0914. The molecule has 0 heterocycles. The zero-order chi connectivity index (χ0) is 10.6. The van der Waals surface area contributed by atoms with Crippen LogP contribution >= 0.6 is 0 Å². The van der Waals surface area contributed by atoms with Gasteiger partial charge >= 0.3 is 0 Å². The third kappa shape index (κ3) is 2.71. The Morgan fingerprint density at radius 3 is 2.86 bits per heavy atom. The molecular formula is C10H17N3O. The standard InChI is InChI=1S/C10H17N3O/c1-13(6-2-5-11)10(14)8-3-4-9(12)7-8/h8-9H,2-4,6-7,12H2,1H3. The fraction of sp³-hybridized carbons (Fsp3) is 0.800. The van der Waals surface area contributed by atoms with Crippen molar-refractivity contribution in [3.63, 3.8) is 0 Å². The summed E-state index contributed by atoms with van der Waals surface area (Å²) in [6.07, 6.45) is 3.05. The lowest BCUT2D eigenvalue weighted by Gasteiger charge is -2.19. The molecule has 2 N–H and O–H groups in total. The third-order valence-corrected chi connectivity index (χ3v) is 2.76. The smallest absolute Gasteiger partial charge is 0.225 e. The highest BCUT2D eigenvalue weighted by atomic mass is 16.2. The molecule has 0 bridgehead atoms. The average Bonchev–Trinajstić information content (AvgIpc) is 2.60. The molecule has 4 nitrogen and oxygen atoms in total. The van der Waals surface area contributed by atoms with Gasteiger partial charge in [-0.1, -0.05) is 0 Å². The van der Waals surface area contributed by atoms with E-state index in [1.807, 2.05) is 6.07 Å². The van der Waals surface area contributed by atoms with Crippen molar-refractivity contribution in [1.29, 1.82) is 5.26 Å². The van der Waals surface area contributed by atoms with Gasteiger partial charge in [-0.05, 0) is 19.3 Å². The third-order valence-electron chi connectivity index (χ3n) is 2.76. The maximum atomic E-state index is 11.8. The van der Waals surface area contributed by atoms with Gasteiger partial charge in [-0.3, -0.25) is 4.79 Å². The summed E-state index contributed by atoms with van der Waals surface area (Å²) in [5.74, 6) is 0.238. The van der Waals surface area contributed by atoms with Gasteiger partial charge in [0.25, 0.3) is 0 Å². The molecule has 0 aromatic rings. The summed E-state index contributed by atoms with van der Waals surface area (Å²) in [6, 6.07) is 2.22. The zero-order valence-electron chi connectivity index (χ0n) is 8.57. The average molecular weight is 195 g/mol. The first-order chi connectivity index (χ1) is 6.65. The van der Waals surface area contributed by atoms with Gasteiger partial charge in [-0.15, -0.1) is 0 Å². The number of rotatable bonds is 3. The lowest BCUT2D eigenvalue weighted by molar-refractivity contribution is -0.133. The highest BCUT2D eigenvalue weighted by molar-refractivity contribution is 5.78. The molecule has 4 heteroatoms. The molecule has 0 spiro atoms. The van der Waals surface area contributed by atoms with Gasteiger partial charge in [0.2, 0.25) is 5.91 Å². The second-order valence-corrected chi connectivity index (χ2v) is 3.94. The lowest BCUT2D eigenvalue weighted by Crippen LogP contribution is -2.33. The Hall–Kier alpha value is -1.08. The van der Waals surface area contributed by atoms with E-state index in [0.717, 1.165) is 19.3 Å². The number of carbonyl (C=O) groups excluding carboxylic acids is 1. The van der Waals surface area contributed by atoms with Gasteiger partial charge < -0.3 is 10.6 Å². The van der Waals surface area contributed by atoms with E-state index in [4.69, 9.17) is 11.0 Å². The van der Waals surface area contributed by atoms with E-state index in [9.17, 15) is 4.79 Å². The maximum absolute atomic E-state index is 11.8. The summed E-state index contributed by atoms with van der Waals surface area (Å²) in [4.78, 5) is 13.4. The molecular weight excluding hydrogens is 178 g/mol. The van der Waals surface area contributed by atoms with Crippen molar-refractivity contribution in [2.45, 2.75) is 31.7 Å². The molecule has 0 aromatic heterocycles. The van der Waals surface area contributed by atoms with Crippen molar-refractivity contribution in [1.82, 2.24) is 4.90 Å². The lowest BCUT2D eigenvalue weighted by atomic mass is 10.1. The first kappa shape index (κ1) is 11.0. The van der Waals surface area contributed by atoms with E-state index in [0.29, 0.717) is 13.0 Å². The minimum absolute atomic E-state index is 0.0914. The van der Waals surface area contributed by atoms with Crippen LogP contribution < -0.4 is 5.73 Å². The molecule has 1 saturated carbocycles. The van der Waals surface area contributed by atoms with Crippen LogP contribution in [-0.2, 0) is 4.79 Å². The molecule has 0 aliphatic heterocycles. The second-order valence-electron chi connectivity index (χ2n) is 3.94. The number of carbonyl (C=O) groups is 1. The van der Waals surface area contributed by atoms with E-state index < -0.39 is 0 Å². The molecule has 1 rings (SSSR count). The van der Waals surface area contributed by atoms with Crippen LogP contribution in [0.3, 0.4) is 0 Å². The van der Waals surface area contributed by atoms with Crippen molar-refractivity contribution in [2.24, 2.45) is 11.7 Å². The molecule has 0 aromatic carbocycles. The summed E-state index contributed by atoms with van der Waals surface area (Å²) < 4.78 is 0. The number of nitrogens with two attached hydrogens (primary N) is 1. The number of hydrogen-bond acceptors (Lipinski definition) is 3. The molecule has 1 aliphatic rings. The monoisotopic (exact) mass is 195 g/mol. The van der Waals surface area contributed by atoms with Crippen molar-refractivity contribution < 1.29 is 4.79 Å². The Balaban J connectivity index is 2.37. The molecule has 0 radical (unpaired) electrons. The van der Waals surface area contributed by atoms with Gasteiger partial charge in [0, 0.05) is 25.6 Å². The van der Waals surface area contributed by atoms with Crippen LogP contribution in [0.5, 0.6) is 0 Å². The molecule has 2 unspecified atom stereocenters. The van der Waals surface area contributed by atoms with Crippen LogP contribution in [0.15, 0.2) is 0 Å². The van der Waals surface area contributed by atoms with E-state index in [-0.39, 0.29) is 17.9 Å². The summed E-state index contributed by atoms with van der Waals surface area (Å²) in [5.41, 5.74) is 5.74. The van der Waals surface area contributed by atoms with Gasteiger partial charge in [0.1, 0.15) is 0 Å². The first-order valence-electron chi connectivity index (χ1n) is 5.02. The quantitative estimate of drug-likeness (QED) is 0.712. The number of nitrogens with zero attached hydrogens (tertiary/aromatic N) is 2. The summed E-state index contributed by atoms with van der Waals surface area (Å²) in [6.45, 7) is 0.529. The summed E-state index contributed by atoms with van der Waals surface area (Å²) in [7, 11) is 1.75. The largest absolute Gasteiger partial charge is 0.344 e. The Morgan fingerprint density at radius 1 is 1.64 bits per heavy atom. The molecule has 0 saturated heterocycles. The van der Waals surface area contributed by atoms with Crippen molar-refractivity contribution >= 4 is 5.91 Å². The Bertz CT molecular complexity index is 246. The Labute approximate surface area is 84.7 Å². The number of amides is 1. The second kappa shape index (κ2) is 4.97. The van der Waals surface area contributed by atoms with Gasteiger partial charge in [0.05, 0.1) is 12.5 Å². The SMILES string of the molecule is CN(CCC#N)C(=O)C1CCC(N)C1. The van der Waals surface area contributed by atoms with Gasteiger partial charge in [0.15, 0.2) is 0 Å². The molecule has 1 aliphatic carbocycles. The summed E-state index contributed by atoms with van der Waals surface area (Å²) in [5, 5.41) is 8.40. The molecule has 14 heavy (non-hydrogen) atoms. The van der Waals surface area contributed by atoms with Crippen molar-refractivity contribution in [3.05, 3.63) is 0 Å². The van der Waals surface area contributed by atoms with E-state index in [2.05, 4.69) is 0 Å². The number of nitriles is 1. The van der Waals surface area contributed by atoms with E-state index in [1.165, 1.54) is 0 Å². The van der Waals surface area contributed by atoms with E-state index >= 15 is 0 Å². The van der Waals surface area contributed by atoms with Gasteiger partial charge in [-0.25, -0.2) is 0 Å². The maximum Gasteiger partial charge on any atom is 0.225 e. The normalized spacial score (nSPS) is 25.8. The first-order valence-corrected chi connectivity index (χ1v) is 5.02. The highest BCUT2D eigenvalue weighted by Crippen LogP contribution is 2.25. The Morgan fingerprint density at radius 2 is 2.36 bits per heavy atom. The molecule has 1 fully saturated rings. The number of hydrogen-bond donors (Lipinski definition) is 1. The predicted molar refractivity (Wildman–Crippen MR) is 53.2 cm³/mol. The van der Waals surface area contributed by atoms with Crippen LogP contribution in [0.4, 0.5) is 0 Å². The van der Waals surface area contributed by atoms with Crippen LogP contribution in [0.25, 0.3) is 0 Å². The topological polar surface area (TPSA) is 70.1 Å². The van der Waals surface area contributed by atoms with Crippen LogP contribution in [0.2, 0.25) is 0 Å². The molecule has 2 atom stereocenters. The summed E-state index contributed by atoms with van der Waals surface area (Å²) >= 11 is 0. The highest BCUT2D eigenvalue weighted by Gasteiger charge is 2.29. The van der Waals surface area contributed by atoms with Crippen LogP contribution in [-0.4, -0.2) is 30.4 Å². The Kier molecular flexibility index (Phi) is 3.90. The molecule has 1 amide bonds. The van der Waals surface area contributed by atoms with Crippen LogP contribution in [0.1, 0.15) is 25.7 Å². The minimum Gasteiger partial charge on any atom is -0.344 e. The van der Waals surface area contributed by atoms with Crippen molar-refractivity contribution in [3.8, 4) is 6.07 Å². The van der Waals surface area contributed by atoms with E-state index in [1.54, 1.807) is 11.9 Å². The molecule has 78 valence electrons. The zero-order valence-corrected chi connectivity index (χ0v) is 8.57. The fourth-order valence-electron chi connectivity index (χ4n) is 1.88. The predicted octanol–water partition coefficient (Wildman–Crippen LogP) is 0.486.